The Morgan fingerprint density at radius 1 is 1.58 bits per heavy atom. The molecule has 1 rings (SSSR count). The van der Waals surface area contributed by atoms with E-state index in [1.165, 1.54) is 7.11 Å². The predicted octanol–water partition coefficient (Wildman–Crippen LogP) is -0.426. The van der Waals surface area contributed by atoms with Crippen LogP contribution in [0.25, 0.3) is 0 Å². The smallest absolute Gasteiger partial charge is 0.184 e. The van der Waals surface area contributed by atoms with Crippen molar-refractivity contribution in [3.63, 3.8) is 0 Å². The molecule has 0 aromatic heterocycles. The molecule has 4 atom stereocenters. The van der Waals surface area contributed by atoms with Crippen molar-refractivity contribution < 1.29 is 14.6 Å². The van der Waals surface area contributed by atoms with Gasteiger partial charge >= 0.3 is 0 Å². The zero-order chi connectivity index (χ0) is 9.14. The van der Waals surface area contributed by atoms with Gasteiger partial charge in [-0.25, -0.2) is 0 Å². The molecule has 4 heteroatoms. The largest absolute Gasteiger partial charge is 0.386 e. The zero-order valence-corrected chi connectivity index (χ0v) is 7.78. The molecule has 0 aromatic carbocycles. The summed E-state index contributed by atoms with van der Waals surface area (Å²) in [4.78, 5) is 0. The van der Waals surface area contributed by atoms with E-state index >= 15 is 0 Å². The van der Waals surface area contributed by atoms with Gasteiger partial charge in [-0.2, -0.15) is 0 Å². The Morgan fingerprint density at radius 2 is 2.25 bits per heavy atom. The molecule has 2 N–H and O–H groups in total. The average molecular weight is 175 g/mol. The Bertz CT molecular complexity index is 142. The van der Waals surface area contributed by atoms with Crippen molar-refractivity contribution >= 4 is 0 Å². The van der Waals surface area contributed by atoms with E-state index in [2.05, 4.69) is 5.32 Å². The molecule has 0 bridgehead atoms. The fourth-order valence-corrected chi connectivity index (χ4v) is 1.62. The van der Waals surface area contributed by atoms with Crippen molar-refractivity contribution in [3.8, 4) is 0 Å². The van der Waals surface area contributed by atoms with Crippen LogP contribution in [-0.4, -0.2) is 44.3 Å². The predicted molar refractivity (Wildman–Crippen MR) is 44.8 cm³/mol. The summed E-state index contributed by atoms with van der Waals surface area (Å²) in [6, 6.07) is 0.0590. The van der Waals surface area contributed by atoms with Crippen LogP contribution in [0.15, 0.2) is 0 Å². The van der Waals surface area contributed by atoms with Crippen molar-refractivity contribution in [2.24, 2.45) is 5.92 Å². The van der Waals surface area contributed by atoms with Crippen LogP contribution in [-0.2, 0) is 9.47 Å². The maximum Gasteiger partial charge on any atom is 0.184 e. The first-order valence-corrected chi connectivity index (χ1v) is 4.20. The highest BCUT2D eigenvalue weighted by molar-refractivity contribution is 4.85. The molecule has 0 spiro atoms. The summed E-state index contributed by atoms with van der Waals surface area (Å²) in [5.74, 6) is 0.316. The lowest BCUT2D eigenvalue weighted by Crippen LogP contribution is -2.55. The highest BCUT2D eigenvalue weighted by Gasteiger charge is 2.36. The normalized spacial score (nSPS) is 43.0. The fourth-order valence-electron chi connectivity index (χ4n) is 1.62. The van der Waals surface area contributed by atoms with Crippen LogP contribution < -0.4 is 5.32 Å². The molecule has 12 heavy (non-hydrogen) atoms. The van der Waals surface area contributed by atoms with E-state index in [-0.39, 0.29) is 6.04 Å². The minimum Gasteiger partial charge on any atom is -0.386 e. The number of nitrogens with one attached hydrogen (secondary N) is 1. The molecule has 72 valence electrons. The topological polar surface area (TPSA) is 50.7 Å². The lowest BCUT2D eigenvalue weighted by atomic mass is 9.95. The van der Waals surface area contributed by atoms with E-state index in [9.17, 15) is 5.11 Å². The van der Waals surface area contributed by atoms with Gasteiger partial charge in [0.1, 0.15) is 6.10 Å². The number of hydrogen-bond acceptors (Lipinski definition) is 4. The van der Waals surface area contributed by atoms with E-state index in [0.717, 1.165) is 0 Å². The number of hydrogen-bond donors (Lipinski definition) is 2. The summed E-state index contributed by atoms with van der Waals surface area (Å²) < 4.78 is 10.2. The van der Waals surface area contributed by atoms with E-state index in [4.69, 9.17) is 9.47 Å². The molecule has 0 aliphatic carbocycles. The van der Waals surface area contributed by atoms with Crippen molar-refractivity contribution in [2.75, 3.05) is 20.8 Å². The first-order chi connectivity index (χ1) is 5.70. The molecule has 1 heterocycles. The number of aliphatic hydroxyl groups excluding tert-OH is 1. The van der Waals surface area contributed by atoms with Crippen LogP contribution in [0.3, 0.4) is 0 Å². The number of likely N-dealkylation sites (N-methyl/N-ethyl adjacent to an activating group) is 1. The van der Waals surface area contributed by atoms with Crippen LogP contribution >= 0.6 is 0 Å². The van der Waals surface area contributed by atoms with Gasteiger partial charge in [0, 0.05) is 13.2 Å². The Labute approximate surface area is 72.9 Å². The van der Waals surface area contributed by atoms with Crippen molar-refractivity contribution in [1.82, 2.24) is 5.32 Å². The summed E-state index contributed by atoms with van der Waals surface area (Å²) in [6.07, 6.45) is -1.07. The van der Waals surface area contributed by atoms with Crippen LogP contribution in [0.5, 0.6) is 0 Å². The van der Waals surface area contributed by atoms with Crippen molar-refractivity contribution in [1.29, 1.82) is 0 Å². The minimum absolute atomic E-state index is 0.0590. The van der Waals surface area contributed by atoms with E-state index in [0.29, 0.717) is 12.5 Å². The summed E-state index contributed by atoms with van der Waals surface area (Å²) in [6.45, 7) is 2.66. The first-order valence-electron chi connectivity index (χ1n) is 4.20. The lowest BCUT2D eigenvalue weighted by Gasteiger charge is -2.37. The summed E-state index contributed by atoms with van der Waals surface area (Å²) >= 11 is 0. The number of methoxy groups -OCH3 is 1. The molecule has 1 saturated heterocycles. The van der Waals surface area contributed by atoms with Crippen LogP contribution in [0.2, 0.25) is 0 Å². The Morgan fingerprint density at radius 3 is 2.75 bits per heavy atom. The van der Waals surface area contributed by atoms with Gasteiger partial charge < -0.3 is 19.9 Å². The quantitative estimate of drug-likeness (QED) is 0.598. The van der Waals surface area contributed by atoms with Crippen LogP contribution in [0.1, 0.15) is 6.92 Å². The molecule has 0 amide bonds. The van der Waals surface area contributed by atoms with Gasteiger partial charge in [-0.05, 0) is 13.0 Å². The molecular formula is C8H17NO3. The number of ether oxygens (including phenoxy) is 2. The van der Waals surface area contributed by atoms with Gasteiger partial charge in [0.15, 0.2) is 6.29 Å². The Balaban J connectivity index is 2.56. The van der Waals surface area contributed by atoms with Crippen molar-refractivity contribution in [3.05, 3.63) is 0 Å². The van der Waals surface area contributed by atoms with Gasteiger partial charge in [0.05, 0.1) is 6.61 Å². The Kier molecular flexibility index (Phi) is 3.46. The molecule has 1 fully saturated rings. The SMILES string of the molecule is CN[C@@H]1[C@@H](O)[C@@H](OC)OC[C@H]1C. The second kappa shape index (κ2) is 4.18. The third-order valence-corrected chi connectivity index (χ3v) is 2.35. The second-order valence-electron chi connectivity index (χ2n) is 3.22. The van der Waals surface area contributed by atoms with Gasteiger partial charge in [0.2, 0.25) is 0 Å². The standard InChI is InChI=1S/C8H17NO3/c1-5-4-12-8(11-3)7(10)6(5)9-2/h5-10H,4H2,1-3H3/t5-,6+,7-,8+/m1/s1. The van der Waals surface area contributed by atoms with Crippen molar-refractivity contribution in [2.45, 2.75) is 25.4 Å². The minimum atomic E-state index is -0.580. The van der Waals surface area contributed by atoms with Gasteiger partial charge in [-0.3, -0.25) is 0 Å². The molecule has 0 radical (unpaired) electrons. The van der Waals surface area contributed by atoms with Gasteiger partial charge in [-0.1, -0.05) is 6.92 Å². The van der Waals surface area contributed by atoms with Gasteiger partial charge in [0.25, 0.3) is 0 Å². The molecule has 4 nitrogen and oxygen atoms in total. The van der Waals surface area contributed by atoms with Gasteiger partial charge in [-0.15, -0.1) is 0 Å². The molecule has 0 saturated carbocycles. The van der Waals surface area contributed by atoms with E-state index in [1.807, 2.05) is 14.0 Å². The third-order valence-electron chi connectivity index (χ3n) is 2.35. The number of aliphatic hydroxyl groups is 1. The third kappa shape index (κ3) is 1.77. The van der Waals surface area contributed by atoms with E-state index < -0.39 is 12.4 Å². The molecule has 0 aromatic rings. The first kappa shape index (κ1) is 9.92. The highest BCUT2D eigenvalue weighted by atomic mass is 16.7. The average Bonchev–Trinajstić information content (AvgIpc) is 2.06. The summed E-state index contributed by atoms with van der Waals surface area (Å²) in [7, 11) is 3.37. The Hall–Kier alpha value is -0.160. The number of rotatable bonds is 2. The fraction of sp³-hybridized carbons (Fsp3) is 1.00. The zero-order valence-electron chi connectivity index (χ0n) is 7.78. The maximum atomic E-state index is 9.69. The summed E-state index contributed by atoms with van der Waals surface area (Å²) in [5.41, 5.74) is 0. The monoisotopic (exact) mass is 175 g/mol. The van der Waals surface area contributed by atoms with Crippen LogP contribution in [0, 0.1) is 5.92 Å². The lowest BCUT2D eigenvalue weighted by molar-refractivity contribution is -0.222. The second-order valence-corrected chi connectivity index (χ2v) is 3.22. The molecule has 1 aliphatic heterocycles. The molecule has 0 unspecified atom stereocenters. The summed E-state index contributed by atoms with van der Waals surface area (Å²) in [5, 5.41) is 12.7. The molecular weight excluding hydrogens is 158 g/mol. The van der Waals surface area contributed by atoms with Crippen LogP contribution in [0.4, 0.5) is 0 Å². The highest BCUT2D eigenvalue weighted by Crippen LogP contribution is 2.19. The van der Waals surface area contributed by atoms with E-state index in [1.54, 1.807) is 0 Å². The molecule has 1 aliphatic rings. The maximum absolute atomic E-state index is 9.69.